The third kappa shape index (κ3) is 7.68. The van der Waals surface area contributed by atoms with Gasteiger partial charge in [0.05, 0.1) is 18.8 Å². The molecule has 1 amide bonds. The largest absolute Gasteiger partial charge is 0.465 e. The van der Waals surface area contributed by atoms with Crippen LogP contribution in [0, 0.1) is 5.92 Å². The van der Waals surface area contributed by atoms with Gasteiger partial charge in [0, 0.05) is 12.8 Å². The van der Waals surface area contributed by atoms with Crippen LogP contribution in [0.1, 0.15) is 38.8 Å². The minimum absolute atomic E-state index is 0.00925. The molecule has 0 aromatic heterocycles. The first kappa shape index (κ1) is 23.8. The van der Waals surface area contributed by atoms with Crippen molar-refractivity contribution in [2.24, 2.45) is 5.92 Å². The Labute approximate surface area is 190 Å². The van der Waals surface area contributed by atoms with Crippen molar-refractivity contribution in [3.8, 4) is 0 Å². The fourth-order valence-corrected chi connectivity index (χ4v) is 3.83. The Bertz CT molecular complexity index is 878. The van der Waals surface area contributed by atoms with E-state index < -0.39 is 11.7 Å². The second-order valence-corrected chi connectivity index (χ2v) is 9.26. The molecule has 1 N–H and O–H groups in total. The van der Waals surface area contributed by atoms with Gasteiger partial charge >= 0.3 is 12.1 Å². The molecule has 0 radical (unpaired) electrons. The van der Waals surface area contributed by atoms with Crippen molar-refractivity contribution in [1.82, 2.24) is 5.32 Å². The van der Waals surface area contributed by atoms with Crippen molar-refractivity contribution >= 4 is 12.1 Å². The van der Waals surface area contributed by atoms with Crippen molar-refractivity contribution in [2.45, 2.75) is 64.4 Å². The van der Waals surface area contributed by atoms with Crippen LogP contribution < -0.4 is 5.32 Å². The van der Waals surface area contributed by atoms with Crippen LogP contribution in [-0.4, -0.2) is 42.5 Å². The number of esters is 1. The van der Waals surface area contributed by atoms with E-state index in [4.69, 9.17) is 14.2 Å². The molecular weight excluding hydrogens is 406 g/mol. The maximum atomic E-state index is 12.5. The number of benzene rings is 2. The van der Waals surface area contributed by atoms with Gasteiger partial charge in [0.1, 0.15) is 11.7 Å². The van der Waals surface area contributed by atoms with Crippen molar-refractivity contribution in [3.63, 3.8) is 0 Å². The second kappa shape index (κ2) is 10.6. The summed E-state index contributed by atoms with van der Waals surface area (Å²) in [5.41, 5.74) is 1.66. The van der Waals surface area contributed by atoms with Crippen molar-refractivity contribution in [1.29, 1.82) is 0 Å². The molecule has 172 valence electrons. The fourth-order valence-electron chi connectivity index (χ4n) is 3.83. The van der Waals surface area contributed by atoms with Crippen LogP contribution in [0.15, 0.2) is 60.7 Å². The summed E-state index contributed by atoms with van der Waals surface area (Å²) in [6, 6.07) is 19.8. The van der Waals surface area contributed by atoms with E-state index in [2.05, 4.69) is 17.4 Å². The molecule has 1 aliphatic heterocycles. The fraction of sp³-hybridized carbons (Fsp3) is 0.462. The number of carbonyl (C=O) groups excluding carboxylic acids is 2. The lowest BCUT2D eigenvalue weighted by Gasteiger charge is -2.23. The van der Waals surface area contributed by atoms with Crippen LogP contribution in [0.2, 0.25) is 0 Å². The first-order valence-corrected chi connectivity index (χ1v) is 11.1. The number of epoxide rings is 1. The number of rotatable bonds is 9. The number of carbonyl (C=O) groups is 2. The molecule has 2 aromatic rings. The van der Waals surface area contributed by atoms with E-state index in [1.54, 1.807) is 0 Å². The van der Waals surface area contributed by atoms with Crippen LogP contribution in [0.25, 0.3) is 0 Å². The Morgan fingerprint density at radius 1 is 0.938 bits per heavy atom. The SMILES string of the molecule is CC(=O)OC[C@@H](Cc1ccccc1)[C@@H]1O[C@H]1[C@H](Cc1ccccc1)NC(=O)OC(C)(C)C. The molecule has 0 saturated carbocycles. The quantitative estimate of drug-likeness (QED) is 0.465. The average Bonchev–Trinajstić information content (AvgIpc) is 3.51. The molecule has 6 nitrogen and oxygen atoms in total. The predicted octanol–water partition coefficient (Wildman–Crippen LogP) is 4.31. The van der Waals surface area contributed by atoms with Gasteiger partial charge in [-0.1, -0.05) is 60.7 Å². The number of hydrogen-bond donors (Lipinski definition) is 1. The molecule has 0 aliphatic carbocycles. The van der Waals surface area contributed by atoms with Gasteiger partial charge < -0.3 is 19.5 Å². The molecule has 1 saturated heterocycles. The average molecular weight is 440 g/mol. The highest BCUT2D eigenvalue weighted by Crippen LogP contribution is 2.35. The highest BCUT2D eigenvalue weighted by molar-refractivity contribution is 5.68. The van der Waals surface area contributed by atoms with E-state index in [9.17, 15) is 9.59 Å². The van der Waals surface area contributed by atoms with Crippen LogP contribution in [0.4, 0.5) is 4.79 Å². The predicted molar refractivity (Wildman–Crippen MR) is 122 cm³/mol. The zero-order valence-electron chi connectivity index (χ0n) is 19.2. The van der Waals surface area contributed by atoms with E-state index in [1.165, 1.54) is 6.92 Å². The smallest absolute Gasteiger partial charge is 0.407 e. The topological polar surface area (TPSA) is 77.2 Å². The molecule has 1 heterocycles. The number of amides is 1. The van der Waals surface area contributed by atoms with Crippen molar-refractivity contribution < 1.29 is 23.8 Å². The monoisotopic (exact) mass is 439 g/mol. The molecule has 32 heavy (non-hydrogen) atoms. The van der Waals surface area contributed by atoms with Gasteiger partial charge in [-0.05, 0) is 44.7 Å². The van der Waals surface area contributed by atoms with Crippen LogP contribution >= 0.6 is 0 Å². The lowest BCUT2D eigenvalue weighted by molar-refractivity contribution is -0.142. The van der Waals surface area contributed by atoms with Crippen LogP contribution in [0.5, 0.6) is 0 Å². The summed E-state index contributed by atoms with van der Waals surface area (Å²) in [6.45, 7) is 7.20. The molecule has 1 aliphatic rings. The van der Waals surface area contributed by atoms with Gasteiger partial charge in [-0.15, -0.1) is 0 Å². The lowest BCUT2D eigenvalue weighted by atomic mass is 9.91. The molecule has 4 atom stereocenters. The molecule has 0 bridgehead atoms. The molecule has 3 rings (SSSR count). The molecule has 6 heteroatoms. The number of hydrogen-bond acceptors (Lipinski definition) is 5. The Morgan fingerprint density at radius 2 is 1.50 bits per heavy atom. The first-order valence-electron chi connectivity index (χ1n) is 11.1. The Hall–Kier alpha value is -2.86. The highest BCUT2D eigenvalue weighted by atomic mass is 16.6. The van der Waals surface area contributed by atoms with E-state index in [-0.39, 0.29) is 36.7 Å². The van der Waals surface area contributed by atoms with Gasteiger partial charge in [0.15, 0.2) is 0 Å². The maximum absolute atomic E-state index is 12.5. The maximum Gasteiger partial charge on any atom is 0.407 e. The molecule has 1 fully saturated rings. The summed E-state index contributed by atoms with van der Waals surface area (Å²) >= 11 is 0. The lowest BCUT2D eigenvalue weighted by Crippen LogP contribution is -2.44. The van der Waals surface area contributed by atoms with Gasteiger partial charge in [0.25, 0.3) is 0 Å². The Balaban J connectivity index is 1.73. The second-order valence-electron chi connectivity index (χ2n) is 9.26. The van der Waals surface area contributed by atoms with Crippen molar-refractivity contribution in [3.05, 3.63) is 71.8 Å². The summed E-state index contributed by atoms with van der Waals surface area (Å²) in [5.74, 6) is -0.321. The summed E-state index contributed by atoms with van der Waals surface area (Å²) < 4.78 is 16.9. The summed E-state index contributed by atoms with van der Waals surface area (Å²) in [7, 11) is 0. The third-order valence-electron chi connectivity index (χ3n) is 5.26. The molecule has 0 spiro atoms. The van der Waals surface area contributed by atoms with E-state index in [1.807, 2.05) is 69.3 Å². The first-order chi connectivity index (χ1) is 15.2. The zero-order chi connectivity index (χ0) is 23.1. The number of nitrogens with one attached hydrogen (secondary N) is 1. The van der Waals surface area contributed by atoms with Crippen LogP contribution in [0.3, 0.4) is 0 Å². The highest BCUT2D eigenvalue weighted by Gasteiger charge is 2.50. The molecule has 0 unspecified atom stereocenters. The summed E-state index contributed by atoms with van der Waals surface area (Å²) in [6.07, 6.45) is 0.560. The number of alkyl carbamates (subject to hydrolysis) is 1. The molecular formula is C26H33NO5. The normalized spacial score (nSPS) is 19.5. The minimum Gasteiger partial charge on any atom is -0.465 e. The van der Waals surface area contributed by atoms with Gasteiger partial charge in [-0.3, -0.25) is 4.79 Å². The van der Waals surface area contributed by atoms with Gasteiger partial charge in [-0.2, -0.15) is 0 Å². The van der Waals surface area contributed by atoms with E-state index in [0.29, 0.717) is 6.42 Å². The third-order valence-corrected chi connectivity index (χ3v) is 5.26. The standard InChI is InChI=1S/C26H33NO5/c1-18(28)30-17-21(15-19-11-7-5-8-12-19)23-24(31-23)22(16-20-13-9-6-10-14-20)27-25(29)32-26(2,3)4/h5-14,21-24H,15-17H2,1-4H3,(H,27,29)/t21-,22+,23+,24+/m1/s1. The zero-order valence-corrected chi connectivity index (χ0v) is 19.2. The molecule has 2 aromatic carbocycles. The summed E-state index contributed by atoms with van der Waals surface area (Å²) in [4.78, 5) is 24.0. The van der Waals surface area contributed by atoms with Gasteiger partial charge in [-0.25, -0.2) is 4.79 Å². The van der Waals surface area contributed by atoms with Gasteiger partial charge in [0.2, 0.25) is 0 Å². The van der Waals surface area contributed by atoms with Crippen LogP contribution in [-0.2, 0) is 31.8 Å². The minimum atomic E-state index is -0.587. The van der Waals surface area contributed by atoms with Crippen molar-refractivity contribution in [2.75, 3.05) is 6.61 Å². The summed E-state index contributed by atoms with van der Waals surface area (Å²) in [5, 5.41) is 3.00. The van der Waals surface area contributed by atoms with E-state index >= 15 is 0 Å². The van der Waals surface area contributed by atoms with E-state index in [0.717, 1.165) is 17.5 Å². The number of ether oxygens (including phenoxy) is 3. The Kier molecular flexibility index (Phi) is 7.91. The Morgan fingerprint density at radius 3 is 2.03 bits per heavy atom.